The number of anilines is 1. The maximum absolute atomic E-state index is 12.1. The molecule has 1 unspecified atom stereocenters. The van der Waals surface area contributed by atoms with Crippen LogP contribution >= 0.6 is 11.3 Å². The summed E-state index contributed by atoms with van der Waals surface area (Å²) >= 11 is 1.76. The second-order valence-electron chi connectivity index (χ2n) is 6.02. The van der Waals surface area contributed by atoms with E-state index in [2.05, 4.69) is 22.8 Å². The smallest absolute Gasteiger partial charge is 0.415 e. The van der Waals surface area contributed by atoms with E-state index in [9.17, 15) is 9.59 Å². The number of ether oxygens (including phenoxy) is 1. The van der Waals surface area contributed by atoms with Crippen molar-refractivity contribution in [2.75, 3.05) is 18.5 Å². The first-order valence-electron chi connectivity index (χ1n) is 8.70. The monoisotopic (exact) mass is 392 g/mol. The number of unbranched alkanes of at least 4 members (excludes halogenated alkanes) is 1. The molecular formula is C19H24N2O5S. The van der Waals surface area contributed by atoms with Crippen LogP contribution in [0.3, 0.4) is 0 Å². The molecule has 1 atom stereocenters. The second kappa shape index (κ2) is 10.5. The predicted octanol–water partition coefficient (Wildman–Crippen LogP) is 4.04. The third-order valence-electron chi connectivity index (χ3n) is 3.90. The molecule has 0 aliphatic heterocycles. The van der Waals surface area contributed by atoms with Gasteiger partial charge in [-0.05, 0) is 61.9 Å². The third kappa shape index (κ3) is 6.58. The fraction of sp³-hybridized carbons (Fsp3) is 0.368. The molecule has 0 spiro atoms. The van der Waals surface area contributed by atoms with E-state index >= 15 is 0 Å². The average molecular weight is 392 g/mol. The minimum absolute atomic E-state index is 0.445. The number of nitrogens with zero attached hydrogens (tertiary/aromatic N) is 1. The normalized spacial score (nSPS) is 11.6. The highest BCUT2D eigenvalue weighted by molar-refractivity contribution is 7.09. The largest absolute Gasteiger partial charge is 0.494 e. The van der Waals surface area contributed by atoms with Gasteiger partial charge in [-0.25, -0.2) is 14.5 Å². The SMILES string of the molecule is CC(CO)N(C(=O)O)C(=O)Nc1ccc(OCCCCc2cccs2)cc1. The van der Waals surface area contributed by atoms with Crippen molar-refractivity contribution in [2.45, 2.75) is 32.2 Å². The summed E-state index contributed by atoms with van der Waals surface area (Å²) in [6.45, 7) is 1.61. The van der Waals surface area contributed by atoms with Crippen LogP contribution in [0.2, 0.25) is 0 Å². The molecule has 3 amide bonds. The van der Waals surface area contributed by atoms with Gasteiger partial charge in [-0.3, -0.25) is 0 Å². The first-order valence-corrected chi connectivity index (χ1v) is 9.58. The van der Waals surface area contributed by atoms with Gasteiger partial charge in [0.05, 0.1) is 19.3 Å². The molecule has 0 saturated carbocycles. The highest BCUT2D eigenvalue weighted by Gasteiger charge is 2.26. The molecule has 3 N–H and O–H groups in total. The van der Waals surface area contributed by atoms with Crippen molar-refractivity contribution < 1.29 is 24.5 Å². The van der Waals surface area contributed by atoms with Crippen LogP contribution in [0.25, 0.3) is 0 Å². The van der Waals surface area contributed by atoms with Crippen molar-refractivity contribution in [1.82, 2.24) is 4.90 Å². The fourth-order valence-electron chi connectivity index (χ4n) is 2.42. The van der Waals surface area contributed by atoms with Crippen LogP contribution in [-0.4, -0.2) is 46.5 Å². The molecular weight excluding hydrogens is 368 g/mol. The lowest BCUT2D eigenvalue weighted by atomic mass is 10.2. The van der Waals surface area contributed by atoms with Crippen LogP contribution in [0, 0.1) is 0 Å². The van der Waals surface area contributed by atoms with E-state index in [-0.39, 0.29) is 0 Å². The Labute approximate surface area is 162 Å². The summed E-state index contributed by atoms with van der Waals surface area (Å²) < 4.78 is 5.68. The summed E-state index contributed by atoms with van der Waals surface area (Å²) in [6, 6.07) is 9.25. The minimum atomic E-state index is -1.42. The van der Waals surface area contributed by atoms with Crippen molar-refractivity contribution in [1.29, 1.82) is 0 Å². The number of nitrogens with one attached hydrogen (secondary N) is 1. The number of hydrogen-bond donors (Lipinski definition) is 3. The number of amides is 3. The zero-order valence-electron chi connectivity index (χ0n) is 15.1. The number of aliphatic hydroxyl groups excluding tert-OH is 1. The minimum Gasteiger partial charge on any atom is -0.494 e. The highest BCUT2D eigenvalue weighted by atomic mass is 32.1. The molecule has 0 fully saturated rings. The van der Waals surface area contributed by atoms with E-state index in [1.54, 1.807) is 35.6 Å². The molecule has 1 aromatic heterocycles. The molecule has 7 nitrogen and oxygen atoms in total. The number of carbonyl (C=O) groups excluding carboxylic acids is 1. The van der Waals surface area contributed by atoms with Gasteiger partial charge in [-0.1, -0.05) is 6.07 Å². The maximum atomic E-state index is 12.1. The van der Waals surface area contributed by atoms with Crippen LogP contribution in [0.4, 0.5) is 15.3 Å². The average Bonchev–Trinajstić information content (AvgIpc) is 3.16. The van der Waals surface area contributed by atoms with Gasteiger partial charge < -0.3 is 20.3 Å². The van der Waals surface area contributed by atoms with Crippen LogP contribution < -0.4 is 10.1 Å². The number of carboxylic acid groups (broad SMARTS) is 1. The summed E-state index contributed by atoms with van der Waals surface area (Å²) in [5.74, 6) is 0.683. The van der Waals surface area contributed by atoms with Crippen LogP contribution in [0.1, 0.15) is 24.6 Å². The Morgan fingerprint density at radius 1 is 1.22 bits per heavy atom. The first-order chi connectivity index (χ1) is 13.0. The number of aryl methyl sites for hydroxylation is 1. The van der Waals surface area contributed by atoms with Crippen LogP contribution in [-0.2, 0) is 6.42 Å². The predicted molar refractivity (Wildman–Crippen MR) is 105 cm³/mol. The molecule has 1 aromatic carbocycles. The van der Waals surface area contributed by atoms with Gasteiger partial charge in [0.1, 0.15) is 5.75 Å². The van der Waals surface area contributed by atoms with Crippen molar-refractivity contribution >= 4 is 29.1 Å². The van der Waals surface area contributed by atoms with Gasteiger partial charge in [0.2, 0.25) is 0 Å². The summed E-state index contributed by atoms with van der Waals surface area (Å²) in [5.41, 5.74) is 0.446. The van der Waals surface area contributed by atoms with E-state index in [1.807, 2.05) is 0 Å². The second-order valence-corrected chi connectivity index (χ2v) is 7.06. The number of imide groups is 1. The molecule has 0 aliphatic carbocycles. The van der Waals surface area contributed by atoms with Gasteiger partial charge in [0.25, 0.3) is 0 Å². The van der Waals surface area contributed by atoms with Crippen LogP contribution in [0.5, 0.6) is 5.75 Å². The Hall–Kier alpha value is -2.58. The summed E-state index contributed by atoms with van der Waals surface area (Å²) in [5, 5.41) is 22.8. The lowest BCUT2D eigenvalue weighted by Gasteiger charge is -2.23. The van der Waals surface area contributed by atoms with Gasteiger partial charge >= 0.3 is 12.1 Å². The molecule has 0 bridgehead atoms. The maximum Gasteiger partial charge on any atom is 0.415 e. The van der Waals surface area contributed by atoms with E-state index in [4.69, 9.17) is 14.9 Å². The van der Waals surface area contributed by atoms with Gasteiger partial charge in [0, 0.05) is 10.6 Å². The molecule has 0 aliphatic rings. The van der Waals surface area contributed by atoms with Crippen LogP contribution in [0.15, 0.2) is 41.8 Å². The first kappa shape index (κ1) is 20.7. The van der Waals surface area contributed by atoms with Crippen molar-refractivity contribution in [3.8, 4) is 5.75 Å². The lowest BCUT2D eigenvalue weighted by Crippen LogP contribution is -2.46. The van der Waals surface area contributed by atoms with Crippen molar-refractivity contribution in [3.63, 3.8) is 0 Å². The summed E-state index contributed by atoms with van der Waals surface area (Å²) in [4.78, 5) is 25.2. The number of benzene rings is 1. The van der Waals surface area contributed by atoms with Gasteiger partial charge in [-0.15, -0.1) is 11.3 Å². The Bertz CT molecular complexity index is 718. The molecule has 2 aromatic rings. The molecule has 0 radical (unpaired) electrons. The van der Waals surface area contributed by atoms with E-state index < -0.39 is 24.8 Å². The van der Waals surface area contributed by atoms with E-state index in [0.29, 0.717) is 22.9 Å². The Morgan fingerprint density at radius 3 is 2.56 bits per heavy atom. The van der Waals surface area contributed by atoms with Gasteiger partial charge in [-0.2, -0.15) is 0 Å². The van der Waals surface area contributed by atoms with E-state index in [0.717, 1.165) is 19.3 Å². The molecule has 0 saturated heterocycles. The molecule has 2 rings (SSSR count). The van der Waals surface area contributed by atoms with Gasteiger partial charge in [0.15, 0.2) is 0 Å². The molecule has 8 heteroatoms. The summed E-state index contributed by atoms with van der Waals surface area (Å²) in [7, 11) is 0. The molecule has 1 heterocycles. The highest BCUT2D eigenvalue weighted by Crippen LogP contribution is 2.17. The number of urea groups is 1. The Kier molecular flexibility index (Phi) is 8.09. The zero-order valence-corrected chi connectivity index (χ0v) is 15.9. The number of carbonyl (C=O) groups is 2. The quantitative estimate of drug-likeness (QED) is 0.559. The fourth-order valence-corrected chi connectivity index (χ4v) is 3.17. The summed E-state index contributed by atoms with van der Waals surface area (Å²) in [6.07, 6.45) is 1.64. The standard InChI is InChI=1S/C19H24N2O5S/c1-14(13-22)21(19(24)25)18(23)20-15-7-9-16(10-8-15)26-11-3-2-5-17-6-4-12-27-17/h4,6-10,12,14,22H,2-3,5,11,13H2,1H3,(H,20,23)(H,24,25). The topological polar surface area (TPSA) is 99.1 Å². The third-order valence-corrected chi connectivity index (χ3v) is 4.84. The number of thiophene rings is 1. The molecule has 27 heavy (non-hydrogen) atoms. The Morgan fingerprint density at radius 2 is 1.96 bits per heavy atom. The number of aliphatic hydroxyl groups is 1. The van der Waals surface area contributed by atoms with Crippen molar-refractivity contribution in [2.24, 2.45) is 0 Å². The molecule has 146 valence electrons. The van der Waals surface area contributed by atoms with Crippen molar-refractivity contribution in [3.05, 3.63) is 46.7 Å². The Balaban J connectivity index is 1.76. The number of hydrogen-bond acceptors (Lipinski definition) is 5. The zero-order chi connectivity index (χ0) is 19.6. The van der Waals surface area contributed by atoms with E-state index in [1.165, 1.54) is 11.8 Å². The number of rotatable bonds is 9. The lowest BCUT2D eigenvalue weighted by molar-refractivity contribution is 0.120.